The molecular formula is C13H16FNO5. The van der Waals surface area contributed by atoms with Gasteiger partial charge in [0.25, 0.3) is 5.69 Å². The number of ether oxygens (including phenoxy) is 2. The fourth-order valence-electron chi connectivity index (χ4n) is 1.46. The van der Waals surface area contributed by atoms with Gasteiger partial charge < -0.3 is 9.47 Å². The Morgan fingerprint density at radius 1 is 1.45 bits per heavy atom. The van der Waals surface area contributed by atoms with Crippen molar-refractivity contribution >= 4 is 11.7 Å². The zero-order valence-corrected chi connectivity index (χ0v) is 11.3. The van der Waals surface area contributed by atoms with Gasteiger partial charge in [0, 0.05) is 5.56 Å². The molecule has 0 unspecified atom stereocenters. The van der Waals surface area contributed by atoms with E-state index in [1.54, 1.807) is 0 Å². The quantitative estimate of drug-likeness (QED) is 0.333. The smallest absolute Gasteiger partial charge is 0.344 e. The van der Waals surface area contributed by atoms with E-state index in [0.717, 1.165) is 18.9 Å². The van der Waals surface area contributed by atoms with Gasteiger partial charge in [-0.1, -0.05) is 13.3 Å². The van der Waals surface area contributed by atoms with Crippen LogP contribution >= 0.6 is 0 Å². The summed E-state index contributed by atoms with van der Waals surface area (Å²) in [6.45, 7) is 3.28. The monoisotopic (exact) mass is 285 g/mol. The van der Waals surface area contributed by atoms with Crippen molar-refractivity contribution in [2.45, 2.75) is 26.7 Å². The topological polar surface area (TPSA) is 78.7 Å². The number of carbonyl (C=O) groups excluding carboxylic acids is 1. The fraction of sp³-hybridized carbons (Fsp3) is 0.462. The number of rotatable bonds is 7. The van der Waals surface area contributed by atoms with E-state index in [4.69, 9.17) is 9.47 Å². The highest BCUT2D eigenvalue weighted by Gasteiger charge is 2.17. The Morgan fingerprint density at radius 2 is 2.15 bits per heavy atom. The molecule has 0 atom stereocenters. The summed E-state index contributed by atoms with van der Waals surface area (Å²) in [6.07, 6.45) is 1.64. The lowest BCUT2D eigenvalue weighted by atomic mass is 10.2. The standard InChI is InChI=1S/C13H16FNO5/c1-3-4-5-19-13(16)8-20-12-6-9(2)11(15(17)18)7-10(12)14/h6-7H,3-5,8H2,1-2H3. The second-order valence-electron chi connectivity index (χ2n) is 4.19. The number of nitrogens with zero attached hydrogens (tertiary/aromatic N) is 1. The Labute approximate surface area is 115 Å². The van der Waals surface area contributed by atoms with E-state index in [9.17, 15) is 19.3 Å². The van der Waals surface area contributed by atoms with Crippen LogP contribution in [-0.4, -0.2) is 24.1 Å². The summed E-state index contributed by atoms with van der Waals surface area (Å²) in [5.74, 6) is -1.70. The van der Waals surface area contributed by atoms with Crippen LogP contribution in [0.2, 0.25) is 0 Å². The van der Waals surface area contributed by atoms with Crippen molar-refractivity contribution in [2.75, 3.05) is 13.2 Å². The molecule has 1 rings (SSSR count). The fourth-order valence-corrected chi connectivity index (χ4v) is 1.46. The third kappa shape index (κ3) is 4.49. The lowest BCUT2D eigenvalue weighted by molar-refractivity contribution is -0.385. The summed E-state index contributed by atoms with van der Waals surface area (Å²) in [5, 5.41) is 10.6. The van der Waals surface area contributed by atoms with E-state index in [1.807, 2.05) is 6.92 Å². The van der Waals surface area contributed by atoms with E-state index >= 15 is 0 Å². The first-order chi connectivity index (χ1) is 9.45. The molecular weight excluding hydrogens is 269 g/mol. The maximum Gasteiger partial charge on any atom is 0.344 e. The molecule has 110 valence electrons. The predicted octanol–water partition coefficient (Wildman–Crippen LogP) is 2.76. The Morgan fingerprint density at radius 3 is 2.75 bits per heavy atom. The summed E-state index contributed by atoms with van der Waals surface area (Å²) in [5.41, 5.74) is -0.0777. The van der Waals surface area contributed by atoms with Crippen molar-refractivity contribution in [1.82, 2.24) is 0 Å². The summed E-state index contributed by atoms with van der Waals surface area (Å²) in [4.78, 5) is 21.2. The molecule has 0 bridgehead atoms. The number of carbonyl (C=O) groups is 1. The van der Waals surface area contributed by atoms with Crippen LogP contribution in [0.3, 0.4) is 0 Å². The number of unbranched alkanes of at least 4 members (excludes halogenated alkanes) is 1. The summed E-state index contributed by atoms with van der Waals surface area (Å²) in [7, 11) is 0. The van der Waals surface area contributed by atoms with Gasteiger partial charge >= 0.3 is 5.97 Å². The molecule has 20 heavy (non-hydrogen) atoms. The Balaban J connectivity index is 2.63. The van der Waals surface area contributed by atoms with Gasteiger partial charge in [-0.05, 0) is 19.4 Å². The number of halogens is 1. The molecule has 0 aliphatic heterocycles. The highest BCUT2D eigenvalue weighted by Crippen LogP contribution is 2.26. The minimum absolute atomic E-state index is 0.208. The third-order valence-electron chi connectivity index (χ3n) is 2.55. The number of hydrogen-bond donors (Lipinski definition) is 0. The molecule has 0 N–H and O–H groups in total. The maximum absolute atomic E-state index is 13.6. The number of nitro benzene ring substituents is 1. The van der Waals surface area contributed by atoms with Gasteiger partial charge in [0.05, 0.1) is 17.6 Å². The van der Waals surface area contributed by atoms with E-state index in [-0.39, 0.29) is 17.0 Å². The molecule has 0 spiro atoms. The zero-order valence-electron chi connectivity index (χ0n) is 11.3. The number of benzene rings is 1. The molecule has 1 aromatic carbocycles. The first-order valence-corrected chi connectivity index (χ1v) is 6.18. The second kappa shape index (κ2) is 7.42. The normalized spacial score (nSPS) is 10.2. The predicted molar refractivity (Wildman–Crippen MR) is 69.2 cm³/mol. The second-order valence-corrected chi connectivity index (χ2v) is 4.19. The molecule has 0 aliphatic carbocycles. The number of aryl methyl sites for hydroxylation is 1. The van der Waals surface area contributed by atoms with Gasteiger partial charge in [-0.25, -0.2) is 9.18 Å². The van der Waals surface area contributed by atoms with Crippen LogP contribution in [0, 0.1) is 22.9 Å². The van der Waals surface area contributed by atoms with Gasteiger partial charge in [0.15, 0.2) is 18.2 Å². The molecule has 0 aromatic heterocycles. The molecule has 0 heterocycles. The summed E-state index contributed by atoms with van der Waals surface area (Å²) >= 11 is 0. The van der Waals surface area contributed by atoms with Crippen LogP contribution in [0.5, 0.6) is 5.75 Å². The molecule has 0 radical (unpaired) electrons. The first-order valence-electron chi connectivity index (χ1n) is 6.18. The SMILES string of the molecule is CCCCOC(=O)COc1cc(C)c([N+](=O)[O-])cc1F. The Hall–Kier alpha value is -2.18. The average molecular weight is 285 g/mol. The van der Waals surface area contributed by atoms with E-state index in [0.29, 0.717) is 6.61 Å². The molecule has 7 heteroatoms. The number of hydrogen-bond acceptors (Lipinski definition) is 5. The van der Waals surface area contributed by atoms with Crippen molar-refractivity contribution < 1.29 is 23.6 Å². The van der Waals surface area contributed by atoms with Gasteiger partial charge in [-0.15, -0.1) is 0 Å². The Kier molecular flexibility index (Phi) is 5.89. The molecule has 0 saturated heterocycles. The molecule has 6 nitrogen and oxygen atoms in total. The van der Waals surface area contributed by atoms with E-state index in [2.05, 4.69) is 0 Å². The van der Waals surface area contributed by atoms with Crippen LogP contribution in [0.25, 0.3) is 0 Å². The van der Waals surface area contributed by atoms with E-state index in [1.165, 1.54) is 13.0 Å². The lowest BCUT2D eigenvalue weighted by Crippen LogP contribution is -2.16. The molecule has 0 amide bonds. The van der Waals surface area contributed by atoms with Crippen molar-refractivity contribution in [3.05, 3.63) is 33.6 Å². The van der Waals surface area contributed by atoms with Crippen LogP contribution in [0.15, 0.2) is 12.1 Å². The lowest BCUT2D eigenvalue weighted by Gasteiger charge is -2.08. The maximum atomic E-state index is 13.6. The van der Waals surface area contributed by atoms with E-state index < -0.39 is 23.3 Å². The zero-order chi connectivity index (χ0) is 15.1. The van der Waals surface area contributed by atoms with Crippen LogP contribution in [0.1, 0.15) is 25.3 Å². The van der Waals surface area contributed by atoms with Gasteiger partial charge in [-0.3, -0.25) is 10.1 Å². The summed E-state index contributed by atoms with van der Waals surface area (Å²) in [6, 6.07) is 1.96. The van der Waals surface area contributed by atoms with Crippen LogP contribution in [-0.2, 0) is 9.53 Å². The highest BCUT2D eigenvalue weighted by atomic mass is 19.1. The molecule has 1 aromatic rings. The van der Waals surface area contributed by atoms with Crippen LogP contribution in [0.4, 0.5) is 10.1 Å². The molecule has 0 saturated carbocycles. The largest absolute Gasteiger partial charge is 0.479 e. The van der Waals surface area contributed by atoms with Gasteiger partial charge in [0.1, 0.15) is 0 Å². The van der Waals surface area contributed by atoms with Crippen LogP contribution < -0.4 is 4.74 Å². The van der Waals surface area contributed by atoms with Crippen molar-refractivity contribution in [2.24, 2.45) is 0 Å². The third-order valence-corrected chi connectivity index (χ3v) is 2.55. The van der Waals surface area contributed by atoms with Crippen molar-refractivity contribution in [3.63, 3.8) is 0 Å². The number of esters is 1. The molecule has 0 aliphatic rings. The Bertz CT molecular complexity index is 504. The highest BCUT2D eigenvalue weighted by molar-refractivity contribution is 5.71. The van der Waals surface area contributed by atoms with Gasteiger partial charge in [-0.2, -0.15) is 0 Å². The minimum atomic E-state index is -0.886. The van der Waals surface area contributed by atoms with Gasteiger partial charge in [0.2, 0.25) is 0 Å². The summed E-state index contributed by atoms with van der Waals surface area (Å²) < 4.78 is 23.4. The number of nitro groups is 1. The minimum Gasteiger partial charge on any atom is -0.479 e. The molecule has 0 fully saturated rings. The first kappa shape index (κ1) is 15.9. The van der Waals surface area contributed by atoms with Crippen molar-refractivity contribution in [1.29, 1.82) is 0 Å². The van der Waals surface area contributed by atoms with Crippen molar-refractivity contribution in [3.8, 4) is 5.75 Å². The average Bonchev–Trinajstić information content (AvgIpc) is 2.39.